The topological polar surface area (TPSA) is 122 Å². The molecule has 1 N–H and O–H groups in total. The molecule has 0 fully saturated rings. The third-order valence-electron chi connectivity index (χ3n) is 3.08. The number of hydrogen-bond acceptors (Lipinski definition) is 8. The van der Waals surface area contributed by atoms with Crippen LogP contribution in [0.3, 0.4) is 0 Å². The van der Waals surface area contributed by atoms with Crippen LogP contribution in [-0.4, -0.2) is 36.5 Å². The number of nitrogens with one attached hydrogen (secondary N) is 1. The first-order valence-corrected chi connectivity index (χ1v) is 9.46. The van der Waals surface area contributed by atoms with E-state index in [0.29, 0.717) is 11.3 Å². The van der Waals surface area contributed by atoms with Gasteiger partial charge in [-0.05, 0) is 23.8 Å². The first-order chi connectivity index (χ1) is 11.9. The molecule has 10 heteroatoms. The van der Waals surface area contributed by atoms with E-state index >= 15 is 0 Å². The van der Waals surface area contributed by atoms with E-state index in [-0.39, 0.29) is 21.6 Å². The van der Waals surface area contributed by atoms with Gasteiger partial charge in [0.1, 0.15) is 17.4 Å². The largest absolute Gasteiger partial charge is 0.497 e. The van der Waals surface area contributed by atoms with Crippen molar-refractivity contribution in [3.63, 3.8) is 0 Å². The standard InChI is InChI=1S/C15H14N4O4S2/c1-3-25(21,22)15-18-14(24-19-15)17-13(20)11(9-16)8-10-4-6-12(23-2)7-5-10/h4-8H,3H2,1-2H3,(H,17,18,19,20)/b11-8-. The molecule has 0 aliphatic carbocycles. The average Bonchev–Trinajstić information content (AvgIpc) is 3.09. The van der Waals surface area contributed by atoms with Crippen LogP contribution in [0.5, 0.6) is 5.75 Å². The normalized spacial score (nSPS) is 11.6. The van der Waals surface area contributed by atoms with Crippen molar-refractivity contribution < 1.29 is 17.9 Å². The van der Waals surface area contributed by atoms with Crippen LogP contribution in [0.1, 0.15) is 12.5 Å². The van der Waals surface area contributed by atoms with E-state index in [1.54, 1.807) is 30.3 Å². The van der Waals surface area contributed by atoms with Crippen LogP contribution < -0.4 is 10.1 Å². The average molecular weight is 378 g/mol. The van der Waals surface area contributed by atoms with Gasteiger partial charge in [0.2, 0.25) is 15.0 Å². The SMILES string of the molecule is CCS(=O)(=O)c1nsc(NC(=O)/C(C#N)=C\c2ccc(OC)cc2)n1. The lowest BCUT2D eigenvalue weighted by molar-refractivity contribution is -0.112. The van der Waals surface area contributed by atoms with Crippen LogP contribution in [0.25, 0.3) is 6.08 Å². The monoisotopic (exact) mass is 378 g/mol. The zero-order valence-corrected chi connectivity index (χ0v) is 15.0. The number of aromatic nitrogens is 2. The van der Waals surface area contributed by atoms with Crippen LogP contribution in [-0.2, 0) is 14.6 Å². The Balaban J connectivity index is 2.17. The van der Waals surface area contributed by atoms with Crippen molar-refractivity contribution in [3.05, 3.63) is 35.4 Å². The smallest absolute Gasteiger partial charge is 0.268 e. The molecule has 1 aromatic heterocycles. The molecule has 0 spiro atoms. The lowest BCUT2D eigenvalue weighted by Crippen LogP contribution is -2.13. The number of rotatable bonds is 6. The summed E-state index contributed by atoms with van der Waals surface area (Å²) in [6.07, 6.45) is 1.40. The Hall–Kier alpha value is -2.77. The molecule has 2 aromatic rings. The molecule has 1 heterocycles. The number of anilines is 1. The first-order valence-electron chi connectivity index (χ1n) is 7.03. The van der Waals surface area contributed by atoms with Crippen LogP contribution in [0.4, 0.5) is 5.13 Å². The number of amides is 1. The van der Waals surface area contributed by atoms with Gasteiger partial charge in [-0.2, -0.15) is 14.6 Å². The minimum atomic E-state index is -3.55. The summed E-state index contributed by atoms with van der Waals surface area (Å²) in [5.74, 6) is -0.189. The summed E-state index contributed by atoms with van der Waals surface area (Å²) in [6, 6.07) is 8.59. The quantitative estimate of drug-likeness (QED) is 0.601. The molecule has 0 unspecified atom stereocenters. The van der Waals surface area contributed by atoms with Crippen molar-refractivity contribution in [1.82, 2.24) is 9.36 Å². The van der Waals surface area contributed by atoms with Gasteiger partial charge >= 0.3 is 0 Å². The molecular weight excluding hydrogens is 364 g/mol. The molecule has 0 atom stereocenters. The van der Waals surface area contributed by atoms with Crippen molar-refractivity contribution >= 4 is 38.5 Å². The van der Waals surface area contributed by atoms with Gasteiger partial charge in [0.15, 0.2) is 0 Å². The number of nitriles is 1. The van der Waals surface area contributed by atoms with E-state index < -0.39 is 15.7 Å². The van der Waals surface area contributed by atoms with Gasteiger partial charge in [-0.15, -0.1) is 0 Å². The summed E-state index contributed by atoms with van der Waals surface area (Å²) >= 11 is 0.734. The Morgan fingerprint density at radius 1 is 1.40 bits per heavy atom. The molecule has 0 radical (unpaired) electrons. The van der Waals surface area contributed by atoms with E-state index in [4.69, 9.17) is 4.74 Å². The predicted molar refractivity (Wildman–Crippen MR) is 92.8 cm³/mol. The second-order valence-corrected chi connectivity index (χ2v) is 7.61. The molecule has 130 valence electrons. The first kappa shape index (κ1) is 18.6. The molecule has 0 aliphatic rings. The second kappa shape index (κ2) is 7.87. The minimum Gasteiger partial charge on any atom is -0.497 e. The highest BCUT2D eigenvalue weighted by molar-refractivity contribution is 7.91. The predicted octanol–water partition coefficient (Wildman–Crippen LogP) is 1.89. The second-order valence-electron chi connectivity index (χ2n) is 4.68. The highest BCUT2D eigenvalue weighted by atomic mass is 32.2. The summed E-state index contributed by atoms with van der Waals surface area (Å²) in [4.78, 5) is 15.9. The number of carbonyl (C=O) groups is 1. The third kappa shape index (κ3) is 4.62. The van der Waals surface area contributed by atoms with Gasteiger partial charge in [0, 0.05) is 11.5 Å². The maximum atomic E-state index is 12.2. The lowest BCUT2D eigenvalue weighted by Gasteiger charge is -2.01. The van der Waals surface area contributed by atoms with Gasteiger partial charge < -0.3 is 4.74 Å². The Kier molecular flexibility index (Phi) is 5.84. The van der Waals surface area contributed by atoms with Crippen LogP contribution in [0, 0.1) is 11.3 Å². The van der Waals surface area contributed by atoms with E-state index in [1.165, 1.54) is 20.1 Å². The molecule has 2 rings (SSSR count). The Morgan fingerprint density at radius 3 is 2.64 bits per heavy atom. The van der Waals surface area contributed by atoms with Gasteiger partial charge in [0.25, 0.3) is 11.1 Å². The van der Waals surface area contributed by atoms with Crippen molar-refractivity contribution in [2.24, 2.45) is 0 Å². The number of hydrogen-bond donors (Lipinski definition) is 1. The highest BCUT2D eigenvalue weighted by Gasteiger charge is 2.19. The van der Waals surface area contributed by atoms with E-state index in [0.717, 1.165) is 11.5 Å². The zero-order valence-electron chi connectivity index (χ0n) is 13.4. The number of ether oxygens (including phenoxy) is 1. The van der Waals surface area contributed by atoms with Crippen LogP contribution in [0.2, 0.25) is 0 Å². The molecular formula is C15H14N4O4S2. The molecule has 1 aromatic carbocycles. The summed E-state index contributed by atoms with van der Waals surface area (Å²) in [5.41, 5.74) is 0.485. The fourth-order valence-electron chi connectivity index (χ4n) is 1.70. The van der Waals surface area contributed by atoms with Gasteiger partial charge in [-0.1, -0.05) is 19.1 Å². The summed E-state index contributed by atoms with van der Waals surface area (Å²) in [5, 5.41) is 11.2. The van der Waals surface area contributed by atoms with Crippen molar-refractivity contribution in [2.45, 2.75) is 12.1 Å². The Morgan fingerprint density at radius 2 is 2.08 bits per heavy atom. The van der Waals surface area contributed by atoms with Gasteiger partial charge in [-0.3, -0.25) is 10.1 Å². The number of carbonyl (C=O) groups excluding carboxylic acids is 1. The van der Waals surface area contributed by atoms with E-state index in [1.807, 2.05) is 0 Å². The Labute approximate surface area is 148 Å². The van der Waals surface area contributed by atoms with E-state index in [2.05, 4.69) is 14.7 Å². The number of benzene rings is 1. The zero-order chi connectivity index (χ0) is 18.4. The molecule has 0 saturated heterocycles. The molecule has 25 heavy (non-hydrogen) atoms. The maximum absolute atomic E-state index is 12.2. The lowest BCUT2D eigenvalue weighted by atomic mass is 10.1. The van der Waals surface area contributed by atoms with Crippen molar-refractivity contribution in [2.75, 3.05) is 18.2 Å². The molecule has 0 bridgehead atoms. The van der Waals surface area contributed by atoms with Gasteiger partial charge in [0.05, 0.1) is 12.9 Å². The van der Waals surface area contributed by atoms with Crippen LogP contribution in [0.15, 0.2) is 35.0 Å². The fraction of sp³-hybridized carbons (Fsp3) is 0.200. The summed E-state index contributed by atoms with van der Waals surface area (Å²) in [6.45, 7) is 1.47. The third-order valence-corrected chi connectivity index (χ3v) is 5.32. The Bertz CT molecular complexity index is 941. The van der Waals surface area contributed by atoms with Crippen LogP contribution >= 0.6 is 11.5 Å². The summed E-state index contributed by atoms with van der Waals surface area (Å²) in [7, 11) is -2.01. The number of methoxy groups -OCH3 is 1. The fourth-order valence-corrected chi connectivity index (χ4v) is 3.28. The van der Waals surface area contributed by atoms with Crippen molar-refractivity contribution in [3.8, 4) is 11.8 Å². The van der Waals surface area contributed by atoms with E-state index in [9.17, 15) is 18.5 Å². The summed E-state index contributed by atoms with van der Waals surface area (Å²) < 4.78 is 32.1. The van der Waals surface area contributed by atoms with Gasteiger partial charge in [-0.25, -0.2) is 8.42 Å². The highest BCUT2D eigenvalue weighted by Crippen LogP contribution is 2.18. The number of sulfone groups is 1. The number of nitrogens with zero attached hydrogens (tertiary/aromatic N) is 3. The van der Waals surface area contributed by atoms with Crippen molar-refractivity contribution in [1.29, 1.82) is 5.26 Å². The minimum absolute atomic E-state index is 0.00732. The molecule has 0 saturated carbocycles. The maximum Gasteiger partial charge on any atom is 0.268 e. The molecule has 1 amide bonds. The molecule has 0 aliphatic heterocycles. The molecule has 8 nitrogen and oxygen atoms in total.